The molecule has 3 aromatic rings. The van der Waals surface area contributed by atoms with Crippen LogP contribution in [-0.4, -0.2) is 25.5 Å². The molecule has 3 rings (SSSR count). The van der Waals surface area contributed by atoms with Crippen LogP contribution in [0.4, 0.5) is 5.69 Å². The zero-order valence-electron chi connectivity index (χ0n) is 15.7. The van der Waals surface area contributed by atoms with Gasteiger partial charge in [0, 0.05) is 36.8 Å². The van der Waals surface area contributed by atoms with Crippen molar-refractivity contribution in [3.05, 3.63) is 76.1 Å². The zero-order chi connectivity index (χ0) is 19.2. The lowest BCUT2D eigenvalue weighted by molar-refractivity contribution is 0.0950. The maximum atomic E-state index is 12.4. The van der Waals surface area contributed by atoms with Crippen LogP contribution >= 0.6 is 0 Å². The minimum atomic E-state index is -0.614. The van der Waals surface area contributed by atoms with Gasteiger partial charge in [-0.2, -0.15) is 0 Å². The van der Waals surface area contributed by atoms with E-state index in [1.165, 1.54) is 0 Å². The van der Waals surface area contributed by atoms with E-state index in [0.717, 1.165) is 29.7 Å². The first-order valence-electron chi connectivity index (χ1n) is 9.27. The first kappa shape index (κ1) is 18.7. The highest BCUT2D eigenvalue weighted by molar-refractivity contribution is 5.97. The van der Waals surface area contributed by atoms with Crippen LogP contribution in [-0.2, 0) is 6.42 Å². The topological polar surface area (TPSA) is 62.6 Å². The number of fused-ring (bicyclic) bond motifs is 1. The Labute approximate surface area is 158 Å². The van der Waals surface area contributed by atoms with Gasteiger partial charge >= 0.3 is 5.63 Å². The molecule has 1 heterocycles. The van der Waals surface area contributed by atoms with E-state index in [-0.39, 0.29) is 5.56 Å². The Morgan fingerprint density at radius 3 is 2.48 bits per heavy atom. The van der Waals surface area contributed by atoms with Crippen molar-refractivity contribution < 1.29 is 9.21 Å². The van der Waals surface area contributed by atoms with Crippen molar-refractivity contribution in [2.24, 2.45) is 0 Å². The molecule has 0 fully saturated rings. The third-order valence-electron chi connectivity index (χ3n) is 4.63. The molecule has 2 aromatic carbocycles. The van der Waals surface area contributed by atoms with Gasteiger partial charge in [-0.1, -0.05) is 30.3 Å². The Morgan fingerprint density at radius 2 is 1.78 bits per heavy atom. The van der Waals surface area contributed by atoms with E-state index in [2.05, 4.69) is 24.1 Å². The molecule has 0 aliphatic rings. The van der Waals surface area contributed by atoms with Gasteiger partial charge in [0.05, 0.1) is 0 Å². The number of benzene rings is 2. The number of anilines is 1. The average molecular weight is 364 g/mol. The lowest BCUT2D eigenvalue weighted by atomic mass is 10.1. The standard InChI is InChI=1S/C22H24N2O3/c1-3-24(4-2)18-11-10-17-14-19(22(26)27-20(17)15-18)21(25)23-13-12-16-8-6-5-7-9-16/h5-11,14-15H,3-4,12-13H2,1-2H3,(H,23,25). The molecule has 0 radical (unpaired) electrons. The van der Waals surface area contributed by atoms with Crippen LogP contribution in [0.5, 0.6) is 0 Å². The molecule has 0 aliphatic heterocycles. The third-order valence-corrected chi connectivity index (χ3v) is 4.63. The fraction of sp³-hybridized carbons (Fsp3) is 0.273. The summed E-state index contributed by atoms with van der Waals surface area (Å²) in [6.07, 6.45) is 0.707. The monoisotopic (exact) mass is 364 g/mol. The van der Waals surface area contributed by atoms with E-state index in [9.17, 15) is 9.59 Å². The van der Waals surface area contributed by atoms with Crippen LogP contribution < -0.4 is 15.8 Å². The summed E-state index contributed by atoms with van der Waals surface area (Å²) in [4.78, 5) is 26.8. The predicted molar refractivity (Wildman–Crippen MR) is 109 cm³/mol. The summed E-state index contributed by atoms with van der Waals surface area (Å²) >= 11 is 0. The van der Waals surface area contributed by atoms with E-state index >= 15 is 0 Å². The van der Waals surface area contributed by atoms with E-state index in [0.29, 0.717) is 18.5 Å². The van der Waals surface area contributed by atoms with Crippen LogP contribution in [0.2, 0.25) is 0 Å². The van der Waals surface area contributed by atoms with Crippen LogP contribution in [0, 0.1) is 0 Å². The van der Waals surface area contributed by atoms with Crippen molar-refractivity contribution in [1.82, 2.24) is 5.32 Å². The van der Waals surface area contributed by atoms with Crippen molar-refractivity contribution in [3.63, 3.8) is 0 Å². The van der Waals surface area contributed by atoms with Crippen molar-refractivity contribution in [1.29, 1.82) is 0 Å². The van der Waals surface area contributed by atoms with Gasteiger partial charge in [-0.05, 0) is 44.0 Å². The Morgan fingerprint density at radius 1 is 1.04 bits per heavy atom. The number of carbonyl (C=O) groups is 1. The van der Waals surface area contributed by atoms with Gasteiger partial charge in [-0.15, -0.1) is 0 Å². The molecular weight excluding hydrogens is 340 g/mol. The second-order valence-corrected chi connectivity index (χ2v) is 6.33. The second-order valence-electron chi connectivity index (χ2n) is 6.33. The summed E-state index contributed by atoms with van der Waals surface area (Å²) in [5.41, 5.74) is 2.04. The molecule has 0 atom stereocenters. The summed E-state index contributed by atoms with van der Waals surface area (Å²) < 4.78 is 5.42. The summed E-state index contributed by atoms with van der Waals surface area (Å²) in [5.74, 6) is -0.408. The highest BCUT2D eigenvalue weighted by atomic mass is 16.4. The molecule has 5 heteroatoms. The van der Waals surface area contributed by atoms with Crippen LogP contribution in [0.15, 0.2) is 63.8 Å². The fourth-order valence-electron chi connectivity index (χ4n) is 3.10. The Kier molecular flexibility index (Phi) is 5.91. The first-order chi connectivity index (χ1) is 13.1. The third kappa shape index (κ3) is 4.37. The molecule has 1 aromatic heterocycles. The zero-order valence-corrected chi connectivity index (χ0v) is 15.7. The molecule has 0 aliphatic carbocycles. The van der Waals surface area contributed by atoms with Gasteiger partial charge in [-0.3, -0.25) is 4.79 Å². The van der Waals surface area contributed by atoms with Crippen LogP contribution in [0.3, 0.4) is 0 Å². The Bertz CT molecular complexity index is 976. The summed E-state index contributed by atoms with van der Waals surface area (Å²) in [5, 5.41) is 3.53. The van der Waals surface area contributed by atoms with Crippen molar-refractivity contribution in [2.45, 2.75) is 20.3 Å². The number of amides is 1. The number of rotatable bonds is 7. The van der Waals surface area contributed by atoms with Gasteiger partial charge in [0.1, 0.15) is 11.1 Å². The molecule has 0 saturated carbocycles. The van der Waals surface area contributed by atoms with Crippen molar-refractivity contribution >= 4 is 22.6 Å². The quantitative estimate of drug-likeness (QED) is 0.651. The number of carbonyl (C=O) groups excluding carboxylic acids is 1. The smallest absolute Gasteiger partial charge is 0.349 e. The van der Waals surface area contributed by atoms with Crippen molar-refractivity contribution in [2.75, 3.05) is 24.5 Å². The largest absolute Gasteiger partial charge is 0.422 e. The van der Waals surface area contributed by atoms with Crippen LogP contribution in [0.1, 0.15) is 29.8 Å². The van der Waals surface area contributed by atoms with Gasteiger partial charge in [0.15, 0.2) is 0 Å². The maximum absolute atomic E-state index is 12.4. The molecule has 27 heavy (non-hydrogen) atoms. The van der Waals surface area contributed by atoms with Crippen molar-refractivity contribution in [3.8, 4) is 0 Å². The summed E-state index contributed by atoms with van der Waals surface area (Å²) in [6, 6.07) is 17.2. The van der Waals surface area contributed by atoms with Gasteiger partial charge in [0.2, 0.25) is 0 Å². The first-order valence-corrected chi connectivity index (χ1v) is 9.27. The fourth-order valence-corrected chi connectivity index (χ4v) is 3.10. The van der Waals surface area contributed by atoms with E-state index in [4.69, 9.17) is 4.42 Å². The molecular formula is C22H24N2O3. The Hall–Kier alpha value is -3.08. The molecule has 140 valence electrons. The van der Waals surface area contributed by atoms with E-state index in [1.807, 2.05) is 48.5 Å². The average Bonchev–Trinajstić information content (AvgIpc) is 2.69. The molecule has 1 N–H and O–H groups in total. The number of nitrogens with one attached hydrogen (secondary N) is 1. The Balaban J connectivity index is 1.76. The second kappa shape index (κ2) is 8.54. The molecule has 0 unspecified atom stereocenters. The minimum Gasteiger partial charge on any atom is -0.422 e. The van der Waals surface area contributed by atoms with E-state index < -0.39 is 11.5 Å². The summed E-state index contributed by atoms with van der Waals surface area (Å²) in [7, 11) is 0. The van der Waals surface area contributed by atoms with E-state index in [1.54, 1.807) is 6.07 Å². The molecule has 1 amide bonds. The highest BCUT2D eigenvalue weighted by Gasteiger charge is 2.14. The number of hydrogen-bond acceptors (Lipinski definition) is 4. The minimum absolute atomic E-state index is 0.0335. The predicted octanol–water partition coefficient (Wildman–Crippen LogP) is 3.61. The normalized spacial score (nSPS) is 10.7. The lowest BCUT2D eigenvalue weighted by Crippen LogP contribution is -2.29. The van der Waals surface area contributed by atoms with Gasteiger partial charge in [-0.25, -0.2) is 4.79 Å². The molecule has 0 spiro atoms. The van der Waals surface area contributed by atoms with Gasteiger partial charge in [0.25, 0.3) is 5.91 Å². The lowest BCUT2D eigenvalue weighted by Gasteiger charge is -2.21. The highest BCUT2D eigenvalue weighted by Crippen LogP contribution is 2.21. The molecule has 0 saturated heterocycles. The molecule has 5 nitrogen and oxygen atoms in total. The number of hydrogen-bond donors (Lipinski definition) is 1. The number of nitrogens with zero attached hydrogens (tertiary/aromatic N) is 1. The van der Waals surface area contributed by atoms with Crippen LogP contribution in [0.25, 0.3) is 11.0 Å². The SMILES string of the molecule is CCN(CC)c1ccc2cc(C(=O)NCCc3ccccc3)c(=O)oc2c1. The van der Waals surface area contributed by atoms with Gasteiger partial charge < -0.3 is 14.6 Å². The molecule has 0 bridgehead atoms. The summed E-state index contributed by atoms with van der Waals surface area (Å²) in [6.45, 7) is 6.35. The maximum Gasteiger partial charge on any atom is 0.349 e.